The Morgan fingerprint density at radius 1 is 1.80 bits per heavy atom. The third kappa shape index (κ3) is 1.58. The van der Waals surface area contributed by atoms with E-state index >= 15 is 0 Å². The van der Waals surface area contributed by atoms with E-state index in [0.717, 1.165) is 0 Å². The zero-order chi connectivity index (χ0) is 7.40. The van der Waals surface area contributed by atoms with Crippen LogP contribution in [0.1, 0.15) is 0 Å². The third-order valence-electron chi connectivity index (χ3n) is 1.20. The summed E-state index contributed by atoms with van der Waals surface area (Å²) in [7, 11) is 1.74. The van der Waals surface area contributed by atoms with Gasteiger partial charge in [-0.2, -0.15) is 0 Å². The van der Waals surface area contributed by atoms with Gasteiger partial charge in [-0.05, 0) is 0 Å². The summed E-state index contributed by atoms with van der Waals surface area (Å²) >= 11 is 0. The summed E-state index contributed by atoms with van der Waals surface area (Å²) in [6.07, 6.45) is 5.21. The zero-order valence-electron chi connectivity index (χ0n) is 5.83. The molecule has 0 bridgehead atoms. The van der Waals surface area contributed by atoms with Gasteiger partial charge in [-0.1, -0.05) is 0 Å². The Morgan fingerprint density at radius 2 is 2.60 bits per heavy atom. The molecule has 0 saturated heterocycles. The lowest BCUT2D eigenvalue weighted by Crippen LogP contribution is -2.21. The molecule has 0 aliphatic carbocycles. The van der Waals surface area contributed by atoms with Gasteiger partial charge < -0.3 is 9.88 Å². The second-order valence-corrected chi connectivity index (χ2v) is 1.96. The molecule has 0 aliphatic heterocycles. The highest BCUT2D eigenvalue weighted by atomic mass is 15.1. The monoisotopic (exact) mass is 138 g/mol. The SMILES string of the molecule is CNC(=N)Cn1ccnc1. The molecule has 4 nitrogen and oxygen atoms in total. The molecule has 0 fully saturated rings. The molecule has 0 amide bonds. The number of hydrogen-bond acceptors (Lipinski definition) is 2. The summed E-state index contributed by atoms with van der Waals surface area (Å²) in [5.74, 6) is 0.484. The predicted molar refractivity (Wildman–Crippen MR) is 39.0 cm³/mol. The minimum absolute atomic E-state index is 0.484. The summed E-state index contributed by atoms with van der Waals surface area (Å²) in [5.41, 5.74) is 0. The molecule has 0 radical (unpaired) electrons. The van der Waals surface area contributed by atoms with Crippen LogP contribution in [0.5, 0.6) is 0 Å². The van der Waals surface area contributed by atoms with Gasteiger partial charge in [-0.3, -0.25) is 5.41 Å². The van der Waals surface area contributed by atoms with Crippen LogP contribution in [0.15, 0.2) is 18.7 Å². The van der Waals surface area contributed by atoms with Crippen molar-refractivity contribution in [2.75, 3.05) is 7.05 Å². The van der Waals surface area contributed by atoms with Gasteiger partial charge in [0.05, 0.1) is 12.9 Å². The van der Waals surface area contributed by atoms with E-state index in [2.05, 4.69) is 10.3 Å². The van der Waals surface area contributed by atoms with Crippen LogP contribution in [0, 0.1) is 5.41 Å². The lowest BCUT2D eigenvalue weighted by Gasteiger charge is -2.01. The molecule has 1 aromatic rings. The van der Waals surface area contributed by atoms with Crippen molar-refractivity contribution in [3.05, 3.63) is 18.7 Å². The number of imidazole rings is 1. The highest BCUT2D eigenvalue weighted by molar-refractivity contribution is 5.78. The van der Waals surface area contributed by atoms with Gasteiger partial charge in [-0.15, -0.1) is 0 Å². The molecule has 1 aromatic heterocycles. The highest BCUT2D eigenvalue weighted by Gasteiger charge is 1.91. The smallest absolute Gasteiger partial charge is 0.113 e. The summed E-state index contributed by atoms with van der Waals surface area (Å²) < 4.78 is 1.83. The molecule has 0 aromatic carbocycles. The van der Waals surface area contributed by atoms with Gasteiger partial charge in [0.1, 0.15) is 5.84 Å². The molecule has 54 valence electrons. The minimum atomic E-state index is 0.484. The van der Waals surface area contributed by atoms with Gasteiger partial charge in [0, 0.05) is 19.4 Å². The van der Waals surface area contributed by atoms with E-state index in [0.29, 0.717) is 12.4 Å². The fourth-order valence-electron chi connectivity index (χ4n) is 0.642. The maximum atomic E-state index is 7.25. The molecule has 2 N–H and O–H groups in total. The van der Waals surface area contributed by atoms with Crippen molar-refractivity contribution in [3.8, 4) is 0 Å². The van der Waals surface area contributed by atoms with Crippen molar-refractivity contribution >= 4 is 5.84 Å². The van der Waals surface area contributed by atoms with E-state index in [-0.39, 0.29) is 0 Å². The molecule has 1 heterocycles. The molecule has 0 atom stereocenters. The van der Waals surface area contributed by atoms with Gasteiger partial charge in [0.15, 0.2) is 0 Å². The van der Waals surface area contributed by atoms with Crippen molar-refractivity contribution in [3.63, 3.8) is 0 Å². The average Bonchev–Trinajstić information content (AvgIpc) is 2.40. The minimum Gasteiger partial charge on any atom is -0.376 e. The van der Waals surface area contributed by atoms with E-state index in [1.165, 1.54) is 0 Å². The number of amidine groups is 1. The lowest BCUT2D eigenvalue weighted by molar-refractivity contribution is 0.820. The third-order valence-corrected chi connectivity index (χ3v) is 1.20. The van der Waals surface area contributed by atoms with Crippen molar-refractivity contribution in [2.24, 2.45) is 0 Å². The molecule has 10 heavy (non-hydrogen) atoms. The second-order valence-electron chi connectivity index (χ2n) is 1.96. The Morgan fingerprint density at radius 3 is 3.10 bits per heavy atom. The van der Waals surface area contributed by atoms with E-state index in [4.69, 9.17) is 5.41 Å². The molecular formula is C6H10N4. The van der Waals surface area contributed by atoms with Crippen molar-refractivity contribution < 1.29 is 0 Å². The Hall–Kier alpha value is -1.32. The van der Waals surface area contributed by atoms with Crippen molar-refractivity contribution in [1.82, 2.24) is 14.9 Å². The van der Waals surface area contributed by atoms with Crippen LogP contribution in [0.3, 0.4) is 0 Å². The summed E-state index contributed by atoms with van der Waals surface area (Å²) in [6, 6.07) is 0. The van der Waals surface area contributed by atoms with Crippen molar-refractivity contribution in [2.45, 2.75) is 6.54 Å². The number of nitrogens with zero attached hydrogens (tertiary/aromatic N) is 2. The second kappa shape index (κ2) is 3.00. The number of hydrogen-bond donors (Lipinski definition) is 2. The topological polar surface area (TPSA) is 53.7 Å². The van der Waals surface area contributed by atoms with Crippen LogP contribution in [0.4, 0.5) is 0 Å². The van der Waals surface area contributed by atoms with Crippen LogP contribution in [0.2, 0.25) is 0 Å². The zero-order valence-corrected chi connectivity index (χ0v) is 5.83. The standard InChI is InChI=1S/C6H10N4/c1-8-6(7)4-10-3-2-9-5-10/h2-3,5H,4H2,1H3,(H2,7,8). The first kappa shape index (κ1) is 6.80. The Kier molecular flexibility index (Phi) is 2.04. The molecule has 0 spiro atoms. The Labute approximate surface area is 59.4 Å². The number of aromatic nitrogens is 2. The van der Waals surface area contributed by atoms with E-state index in [9.17, 15) is 0 Å². The summed E-state index contributed by atoms with van der Waals surface area (Å²) in [4.78, 5) is 3.85. The normalized spacial score (nSPS) is 9.30. The van der Waals surface area contributed by atoms with Gasteiger partial charge in [-0.25, -0.2) is 4.98 Å². The van der Waals surface area contributed by atoms with Crippen molar-refractivity contribution in [1.29, 1.82) is 5.41 Å². The highest BCUT2D eigenvalue weighted by Crippen LogP contribution is 1.84. The quantitative estimate of drug-likeness (QED) is 0.449. The number of likely N-dealkylation sites (N-methyl/N-ethyl adjacent to an activating group) is 1. The fourth-order valence-corrected chi connectivity index (χ4v) is 0.642. The first-order valence-corrected chi connectivity index (χ1v) is 3.04. The average molecular weight is 138 g/mol. The first-order chi connectivity index (χ1) is 4.83. The summed E-state index contributed by atoms with van der Waals surface area (Å²) in [6.45, 7) is 0.566. The van der Waals surface area contributed by atoms with Gasteiger partial charge >= 0.3 is 0 Å². The van der Waals surface area contributed by atoms with Gasteiger partial charge in [0.25, 0.3) is 0 Å². The molecular weight excluding hydrogens is 128 g/mol. The molecule has 0 aliphatic rings. The number of nitrogens with one attached hydrogen (secondary N) is 2. The first-order valence-electron chi connectivity index (χ1n) is 3.04. The Bertz CT molecular complexity index is 202. The van der Waals surface area contributed by atoms with Crippen LogP contribution in [-0.4, -0.2) is 22.4 Å². The maximum absolute atomic E-state index is 7.25. The fraction of sp³-hybridized carbons (Fsp3) is 0.333. The maximum Gasteiger partial charge on any atom is 0.113 e. The van der Waals surface area contributed by atoms with E-state index in [1.807, 2.05) is 10.8 Å². The van der Waals surface area contributed by atoms with E-state index in [1.54, 1.807) is 19.6 Å². The van der Waals surface area contributed by atoms with Crippen LogP contribution < -0.4 is 5.32 Å². The molecule has 0 saturated carbocycles. The van der Waals surface area contributed by atoms with Crippen LogP contribution in [-0.2, 0) is 6.54 Å². The molecule has 1 rings (SSSR count). The Balaban J connectivity index is 2.48. The molecule has 0 unspecified atom stereocenters. The largest absolute Gasteiger partial charge is 0.376 e. The van der Waals surface area contributed by atoms with Crippen LogP contribution >= 0.6 is 0 Å². The van der Waals surface area contributed by atoms with Crippen LogP contribution in [0.25, 0.3) is 0 Å². The lowest BCUT2D eigenvalue weighted by atomic mass is 10.5. The summed E-state index contributed by atoms with van der Waals surface area (Å²) in [5, 5.41) is 9.99. The predicted octanol–water partition coefficient (Wildman–Crippen LogP) is 0.0798. The molecule has 4 heteroatoms. The van der Waals surface area contributed by atoms with Gasteiger partial charge in [0.2, 0.25) is 0 Å². The van der Waals surface area contributed by atoms with E-state index < -0.39 is 0 Å². The number of rotatable bonds is 2.